The number of alkyl carbamates (subject to hydrolysis) is 1. The number of halogens is 2. The van der Waals surface area contributed by atoms with E-state index in [0.717, 1.165) is 0 Å². The minimum atomic E-state index is -1.21. The molecule has 1 aromatic carbocycles. The molecule has 2 unspecified atom stereocenters. The lowest BCUT2D eigenvalue weighted by Crippen LogP contribution is -2.33. The van der Waals surface area contributed by atoms with Gasteiger partial charge in [0.05, 0.1) is 5.02 Å². The fraction of sp³-hybridized carbons (Fsp3) is 0.385. The molecule has 0 bridgehead atoms. The fourth-order valence-corrected chi connectivity index (χ4v) is 1.97. The van der Waals surface area contributed by atoms with Crippen molar-refractivity contribution in [3.05, 3.63) is 28.2 Å². The molecule has 6 nitrogen and oxygen atoms in total. The Morgan fingerprint density at radius 2 is 2.05 bits per heavy atom. The van der Waals surface area contributed by atoms with Gasteiger partial charge in [-0.25, -0.2) is 9.59 Å². The summed E-state index contributed by atoms with van der Waals surface area (Å²) in [6, 6.07) is 4.46. The van der Waals surface area contributed by atoms with Gasteiger partial charge in [-0.2, -0.15) is 0 Å². The van der Waals surface area contributed by atoms with E-state index in [2.05, 4.69) is 5.32 Å². The second-order valence-electron chi connectivity index (χ2n) is 4.22. The molecule has 0 aliphatic carbocycles. The predicted molar refractivity (Wildman–Crippen MR) is 78.1 cm³/mol. The van der Waals surface area contributed by atoms with E-state index in [-0.39, 0.29) is 17.2 Å². The average molecular weight is 336 g/mol. The minimum Gasteiger partial charge on any atom is -0.479 e. The van der Waals surface area contributed by atoms with Gasteiger partial charge in [0.15, 0.2) is 6.10 Å². The van der Waals surface area contributed by atoms with Crippen LogP contribution in [0, 0.1) is 0 Å². The van der Waals surface area contributed by atoms with Crippen molar-refractivity contribution in [2.45, 2.75) is 25.6 Å². The molecule has 0 fully saturated rings. The summed E-state index contributed by atoms with van der Waals surface area (Å²) in [6.45, 7) is 1.57. The van der Waals surface area contributed by atoms with Gasteiger partial charge < -0.3 is 19.9 Å². The molecule has 2 N–H and O–H groups in total. The average Bonchev–Trinajstić information content (AvgIpc) is 2.40. The molecule has 0 heterocycles. The molecular weight excluding hydrogens is 321 g/mol. The summed E-state index contributed by atoms with van der Waals surface area (Å²) >= 11 is 11.7. The molecule has 0 aliphatic heterocycles. The Balaban J connectivity index is 2.74. The summed E-state index contributed by atoms with van der Waals surface area (Å²) in [7, 11) is 1.41. The molecule has 1 rings (SSSR count). The first-order valence-electron chi connectivity index (χ1n) is 6.06. The zero-order chi connectivity index (χ0) is 16.0. The minimum absolute atomic E-state index is 0.0261. The maximum Gasteiger partial charge on any atom is 0.407 e. The van der Waals surface area contributed by atoms with Gasteiger partial charge in [0.1, 0.15) is 11.9 Å². The quantitative estimate of drug-likeness (QED) is 0.834. The van der Waals surface area contributed by atoms with Crippen LogP contribution in [0.2, 0.25) is 10.0 Å². The van der Waals surface area contributed by atoms with Crippen LogP contribution in [0.5, 0.6) is 5.75 Å². The lowest BCUT2D eigenvalue weighted by atomic mass is 10.1. The lowest BCUT2D eigenvalue weighted by molar-refractivity contribution is -0.146. The Hall–Kier alpha value is -1.66. The molecule has 0 aromatic heterocycles. The van der Waals surface area contributed by atoms with Crippen LogP contribution in [-0.4, -0.2) is 36.4 Å². The van der Waals surface area contributed by atoms with E-state index in [9.17, 15) is 14.7 Å². The number of aliphatic carboxylic acids is 1. The second-order valence-corrected chi connectivity index (χ2v) is 5.06. The summed E-state index contributed by atoms with van der Waals surface area (Å²) in [6.07, 6.45) is -2.52. The van der Waals surface area contributed by atoms with Gasteiger partial charge in [-0.15, -0.1) is 0 Å². The van der Waals surface area contributed by atoms with Crippen molar-refractivity contribution in [1.29, 1.82) is 0 Å². The summed E-state index contributed by atoms with van der Waals surface area (Å²) in [4.78, 5) is 22.3. The van der Waals surface area contributed by atoms with Crippen LogP contribution in [0.1, 0.15) is 13.3 Å². The topological polar surface area (TPSA) is 84.9 Å². The molecule has 1 amide bonds. The first-order valence-corrected chi connectivity index (χ1v) is 6.82. The van der Waals surface area contributed by atoms with Crippen LogP contribution in [0.4, 0.5) is 4.79 Å². The van der Waals surface area contributed by atoms with E-state index < -0.39 is 24.3 Å². The summed E-state index contributed by atoms with van der Waals surface area (Å²) in [5.41, 5.74) is 0. The van der Waals surface area contributed by atoms with Gasteiger partial charge in [0.2, 0.25) is 0 Å². The molecular formula is C13H15Cl2NO5. The highest BCUT2D eigenvalue weighted by molar-refractivity contribution is 6.35. The summed E-state index contributed by atoms with van der Waals surface area (Å²) in [5, 5.41) is 12.1. The third kappa shape index (κ3) is 5.69. The number of ether oxygens (including phenoxy) is 2. The number of nitrogens with one attached hydrogen (secondary N) is 1. The van der Waals surface area contributed by atoms with Crippen molar-refractivity contribution < 1.29 is 24.2 Å². The Bertz CT molecular complexity index is 523. The van der Waals surface area contributed by atoms with Gasteiger partial charge in [-0.3, -0.25) is 0 Å². The number of benzene rings is 1. The first kappa shape index (κ1) is 17.4. The molecule has 8 heteroatoms. The molecule has 0 saturated heterocycles. The van der Waals surface area contributed by atoms with Gasteiger partial charge in [-0.1, -0.05) is 23.2 Å². The number of carbonyl (C=O) groups is 2. The number of carboxylic acid groups (broad SMARTS) is 1. The summed E-state index contributed by atoms with van der Waals surface area (Å²) in [5.74, 6) is -0.992. The lowest BCUT2D eigenvalue weighted by Gasteiger charge is -2.20. The maximum atomic E-state index is 11.2. The van der Waals surface area contributed by atoms with E-state index in [1.807, 2.05) is 0 Å². The van der Waals surface area contributed by atoms with Gasteiger partial charge in [0.25, 0.3) is 0 Å². The molecule has 0 spiro atoms. The van der Waals surface area contributed by atoms with Crippen LogP contribution >= 0.6 is 23.2 Å². The smallest absolute Gasteiger partial charge is 0.407 e. The SMILES string of the molecule is CNC(=O)OC(C)CC(Oc1ccc(Cl)cc1Cl)C(=O)O. The number of carbonyl (C=O) groups excluding carboxylic acids is 1. The Morgan fingerprint density at radius 1 is 1.38 bits per heavy atom. The monoisotopic (exact) mass is 335 g/mol. The van der Waals surface area contributed by atoms with E-state index in [1.165, 1.54) is 25.2 Å². The van der Waals surface area contributed by atoms with Crippen molar-refractivity contribution in [3.8, 4) is 5.75 Å². The molecule has 0 aliphatic rings. The zero-order valence-electron chi connectivity index (χ0n) is 11.4. The number of hydrogen-bond acceptors (Lipinski definition) is 4. The normalized spacial score (nSPS) is 13.1. The third-order valence-corrected chi connectivity index (χ3v) is 3.03. The molecule has 0 radical (unpaired) electrons. The van der Waals surface area contributed by atoms with Crippen LogP contribution in [0.15, 0.2) is 18.2 Å². The number of amides is 1. The van der Waals surface area contributed by atoms with Gasteiger partial charge in [0, 0.05) is 18.5 Å². The van der Waals surface area contributed by atoms with E-state index >= 15 is 0 Å². The van der Waals surface area contributed by atoms with Gasteiger partial charge >= 0.3 is 12.1 Å². The van der Waals surface area contributed by atoms with E-state index in [4.69, 9.17) is 32.7 Å². The van der Waals surface area contributed by atoms with Crippen molar-refractivity contribution in [2.75, 3.05) is 7.05 Å². The maximum absolute atomic E-state index is 11.2. The van der Waals surface area contributed by atoms with Crippen LogP contribution < -0.4 is 10.1 Å². The number of rotatable bonds is 6. The highest BCUT2D eigenvalue weighted by Crippen LogP contribution is 2.29. The van der Waals surface area contributed by atoms with Crippen molar-refractivity contribution in [3.63, 3.8) is 0 Å². The van der Waals surface area contributed by atoms with Gasteiger partial charge in [-0.05, 0) is 25.1 Å². The largest absolute Gasteiger partial charge is 0.479 e. The Morgan fingerprint density at radius 3 is 2.57 bits per heavy atom. The number of carboxylic acids is 1. The van der Waals surface area contributed by atoms with E-state index in [0.29, 0.717) is 5.02 Å². The Labute approximate surface area is 131 Å². The first-order chi connectivity index (χ1) is 9.83. The fourth-order valence-electron chi connectivity index (χ4n) is 1.51. The highest BCUT2D eigenvalue weighted by Gasteiger charge is 2.25. The molecule has 0 saturated carbocycles. The van der Waals surface area contributed by atoms with Crippen LogP contribution in [0.25, 0.3) is 0 Å². The van der Waals surface area contributed by atoms with Crippen LogP contribution in [-0.2, 0) is 9.53 Å². The third-order valence-electron chi connectivity index (χ3n) is 2.50. The van der Waals surface area contributed by atoms with E-state index in [1.54, 1.807) is 6.92 Å². The molecule has 21 heavy (non-hydrogen) atoms. The predicted octanol–water partition coefficient (Wildman–Crippen LogP) is 2.96. The Kier molecular flexibility index (Phi) is 6.58. The van der Waals surface area contributed by atoms with Crippen molar-refractivity contribution in [1.82, 2.24) is 5.32 Å². The second kappa shape index (κ2) is 7.95. The van der Waals surface area contributed by atoms with Crippen LogP contribution in [0.3, 0.4) is 0 Å². The molecule has 2 atom stereocenters. The van der Waals surface area contributed by atoms with Crippen molar-refractivity contribution in [2.24, 2.45) is 0 Å². The zero-order valence-corrected chi connectivity index (χ0v) is 12.9. The highest BCUT2D eigenvalue weighted by atomic mass is 35.5. The number of hydrogen-bond donors (Lipinski definition) is 2. The molecule has 116 valence electrons. The molecule has 1 aromatic rings. The summed E-state index contributed by atoms with van der Waals surface area (Å²) < 4.78 is 10.3. The standard InChI is InChI=1S/C13H15Cl2NO5/c1-7(20-13(19)16-2)5-11(12(17)18)21-10-4-3-8(14)6-9(10)15/h3-4,6-7,11H,5H2,1-2H3,(H,16,19)(H,17,18). The van der Waals surface area contributed by atoms with Crippen molar-refractivity contribution >= 4 is 35.3 Å².